The second-order valence-corrected chi connectivity index (χ2v) is 8.41. The van der Waals surface area contributed by atoms with Crippen LogP contribution in [0.4, 0.5) is 16.5 Å². The molecule has 0 aliphatic heterocycles. The molecular formula is C19H19N5O2S3. The quantitative estimate of drug-likeness (QED) is 0.364. The number of thioether (sulfide) groups is 1. The van der Waals surface area contributed by atoms with Gasteiger partial charge in [0.05, 0.1) is 18.6 Å². The number of nitrogens with zero attached hydrogens (tertiary/aromatic N) is 2. The first-order valence-electron chi connectivity index (χ1n) is 8.57. The largest absolute Gasteiger partial charge is 0.495 e. The third-order valence-electron chi connectivity index (χ3n) is 3.59. The summed E-state index contributed by atoms with van der Waals surface area (Å²) < 4.78 is 5.32. The zero-order valence-electron chi connectivity index (χ0n) is 15.8. The standard InChI is InChI=1S/C19H19N5O2S3/c1-12-23-24-19(29-12)22-17(25)11-28-14-7-5-6-13(10-14)20-18(27)21-15-8-3-4-9-16(15)26-2/h3-10H,11H2,1-2H3,(H2,20,21,27)(H,22,24,25). The number of ether oxygens (including phenoxy) is 1. The molecule has 2 aromatic carbocycles. The van der Waals surface area contributed by atoms with E-state index in [-0.39, 0.29) is 11.7 Å². The molecule has 1 heterocycles. The molecule has 0 aliphatic rings. The molecule has 150 valence electrons. The van der Waals surface area contributed by atoms with E-state index < -0.39 is 0 Å². The Morgan fingerprint density at radius 1 is 1.14 bits per heavy atom. The zero-order valence-corrected chi connectivity index (χ0v) is 18.2. The van der Waals surface area contributed by atoms with Gasteiger partial charge in [0.15, 0.2) is 5.11 Å². The van der Waals surface area contributed by atoms with Crippen LogP contribution in [0.3, 0.4) is 0 Å². The summed E-state index contributed by atoms with van der Waals surface area (Å²) >= 11 is 8.16. The normalized spacial score (nSPS) is 10.3. The van der Waals surface area contributed by atoms with Crippen molar-refractivity contribution in [3.05, 3.63) is 53.5 Å². The van der Waals surface area contributed by atoms with Gasteiger partial charge in [-0.25, -0.2) is 0 Å². The summed E-state index contributed by atoms with van der Waals surface area (Å²) in [5, 5.41) is 18.6. The molecule has 0 spiro atoms. The van der Waals surface area contributed by atoms with E-state index in [9.17, 15) is 4.79 Å². The van der Waals surface area contributed by atoms with E-state index in [2.05, 4.69) is 26.1 Å². The lowest BCUT2D eigenvalue weighted by atomic mass is 10.3. The van der Waals surface area contributed by atoms with E-state index in [0.29, 0.717) is 16.0 Å². The molecule has 1 aromatic heterocycles. The Kier molecular flexibility index (Phi) is 7.39. The number of benzene rings is 2. The van der Waals surface area contributed by atoms with Crippen LogP contribution in [0.5, 0.6) is 5.75 Å². The minimum absolute atomic E-state index is 0.127. The lowest BCUT2D eigenvalue weighted by molar-refractivity contribution is -0.113. The lowest BCUT2D eigenvalue weighted by Gasteiger charge is -2.13. The van der Waals surface area contributed by atoms with Crippen molar-refractivity contribution in [1.29, 1.82) is 0 Å². The Morgan fingerprint density at radius 3 is 2.72 bits per heavy atom. The smallest absolute Gasteiger partial charge is 0.236 e. The maximum Gasteiger partial charge on any atom is 0.236 e. The molecule has 1 amide bonds. The highest BCUT2D eigenvalue weighted by Gasteiger charge is 2.08. The number of para-hydroxylation sites is 2. The number of amides is 1. The molecule has 3 aromatic rings. The highest BCUT2D eigenvalue weighted by atomic mass is 32.2. The molecule has 29 heavy (non-hydrogen) atoms. The number of hydrogen-bond acceptors (Lipinski definition) is 7. The predicted molar refractivity (Wildman–Crippen MR) is 123 cm³/mol. The summed E-state index contributed by atoms with van der Waals surface area (Å²) in [6.45, 7) is 1.84. The van der Waals surface area contributed by atoms with Crippen molar-refractivity contribution in [1.82, 2.24) is 10.2 Å². The molecule has 7 nitrogen and oxygen atoms in total. The van der Waals surface area contributed by atoms with Gasteiger partial charge in [-0.05, 0) is 49.5 Å². The topological polar surface area (TPSA) is 88.2 Å². The van der Waals surface area contributed by atoms with Gasteiger partial charge in [-0.15, -0.1) is 22.0 Å². The van der Waals surface area contributed by atoms with Crippen molar-refractivity contribution in [3.63, 3.8) is 0 Å². The van der Waals surface area contributed by atoms with E-state index in [4.69, 9.17) is 17.0 Å². The van der Waals surface area contributed by atoms with Gasteiger partial charge in [0.2, 0.25) is 11.0 Å². The second-order valence-electron chi connectivity index (χ2n) is 5.77. The summed E-state index contributed by atoms with van der Waals surface area (Å²) in [4.78, 5) is 13.0. The van der Waals surface area contributed by atoms with Crippen molar-refractivity contribution in [3.8, 4) is 5.75 Å². The zero-order chi connectivity index (χ0) is 20.6. The maximum absolute atomic E-state index is 12.1. The molecule has 0 bridgehead atoms. The van der Waals surface area contributed by atoms with Crippen LogP contribution in [0.15, 0.2) is 53.4 Å². The molecule has 0 radical (unpaired) electrons. The van der Waals surface area contributed by atoms with Crippen LogP contribution < -0.4 is 20.7 Å². The fourth-order valence-corrected chi connectivity index (χ4v) is 3.94. The Balaban J connectivity index is 1.53. The molecule has 0 fully saturated rings. The first kappa shape index (κ1) is 21.0. The van der Waals surface area contributed by atoms with Crippen LogP contribution >= 0.6 is 35.3 Å². The average Bonchev–Trinajstić information content (AvgIpc) is 3.11. The van der Waals surface area contributed by atoms with Crippen molar-refractivity contribution in [2.24, 2.45) is 0 Å². The summed E-state index contributed by atoms with van der Waals surface area (Å²) in [5.74, 6) is 0.849. The van der Waals surface area contributed by atoms with E-state index in [1.165, 1.54) is 23.1 Å². The van der Waals surface area contributed by atoms with Gasteiger partial charge in [-0.2, -0.15) is 0 Å². The van der Waals surface area contributed by atoms with E-state index in [1.54, 1.807) is 7.11 Å². The number of methoxy groups -OCH3 is 1. The maximum atomic E-state index is 12.1. The number of aryl methyl sites for hydroxylation is 1. The number of carbonyl (C=O) groups is 1. The highest BCUT2D eigenvalue weighted by molar-refractivity contribution is 8.00. The third kappa shape index (κ3) is 6.41. The number of anilines is 3. The van der Waals surface area contributed by atoms with Crippen LogP contribution in [-0.4, -0.2) is 34.1 Å². The minimum atomic E-state index is -0.127. The van der Waals surface area contributed by atoms with Crippen LogP contribution in [-0.2, 0) is 4.79 Å². The number of thiocarbonyl (C=S) groups is 1. The van der Waals surface area contributed by atoms with E-state index in [1.807, 2.05) is 55.5 Å². The van der Waals surface area contributed by atoms with Gasteiger partial charge < -0.3 is 15.4 Å². The van der Waals surface area contributed by atoms with Gasteiger partial charge in [-0.3, -0.25) is 10.1 Å². The molecule has 3 rings (SSSR count). The summed E-state index contributed by atoms with van der Waals surface area (Å²) in [6, 6.07) is 15.2. The number of aromatic nitrogens is 2. The van der Waals surface area contributed by atoms with Crippen molar-refractivity contribution in [2.45, 2.75) is 11.8 Å². The summed E-state index contributed by atoms with van der Waals surface area (Å²) in [6.07, 6.45) is 0. The predicted octanol–water partition coefficient (Wildman–Crippen LogP) is 4.39. The average molecular weight is 446 g/mol. The van der Waals surface area contributed by atoms with Gasteiger partial charge in [0.1, 0.15) is 10.8 Å². The molecule has 0 atom stereocenters. The van der Waals surface area contributed by atoms with E-state index in [0.717, 1.165) is 21.3 Å². The molecule has 0 saturated heterocycles. The molecule has 3 N–H and O–H groups in total. The fourth-order valence-electron chi connectivity index (χ4n) is 2.35. The molecule has 0 unspecified atom stereocenters. The molecule has 10 heteroatoms. The minimum Gasteiger partial charge on any atom is -0.495 e. The lowest BCUT2D eigenvalue weighted by Crippen LogP contribution is -2.19. The van der Waals surface area contributed by atoms with Gasteiger partial charge in [-0.1, -0.05) is 29.5 Å². The summed E-state index contributed by atoms with van der Waals surface area (Å²) in [7, 11) is 1.61. The van der Waals surface area contributed by atoms with E-state index >= 15 is 0 Å². The Hall–Kier alpha value is -2.69. The van der Waals surface area contributed by atoms with Crippen LogP contribution in [0.1, 0.15) is 5.01 Å². The van der Waals surface area contributed by atoms with Crippen molar-refractivity contribution >= 4 is 62.8 Å². The Morgan fingerprint density at radius 2 is 1.97 bits per heavy atom. The first-order chi connectivity index (χ1) is 14.0. The number of nitrogens with one attached hydrogen (secondary N) is 3. The molecule has 0 aliphatic carbocycles. The number of rotatable bonds is 7. The van der Waals surface area contributed by atoms with Crippen LogP contribution in [0, 0.1) is 6.92 Å². The Bertz CT molecular complexity index is 1010. The van der Waals surface area contributed by atoms with Gasteiger partial charge in [0.25, 0.3) is 0 Å². The monoisotopic (exact) mass is 445 g/mol. The third-order valence-corrected chi connectivity index (χ3v) is 5.54. The van der Waals surface area contributed by atoms with Gasteiger partial charge in [0, 0.05) is 10.6 Å². The van der Waals surface area contributed by atoms with Gasteiger partial charge >= 0.3 is 0 Å². The number of hydrogen-bond donors (Lipinski definition) is 3. The van der Waals surface area contributed by atoms with Crippen molar-refractivity contribution < 1.29 is 9.53 Å². The molecular weight excluding hydrogens is 426 g/mol. The fraction of sp³-hybridized carbons (Fsp3) is 0.158. The highest BCUT2D eigenvalue weighted by Crippen LogP contribution is 2.25. The van der Waals surface area contributed by atoms with Crippen LogP contribution in [0.25, 0.3) is 0 Å². The van der Waals surface area contributed by atoms with Crippen LogP contribution in [0.2, 0.25) is 0 Å². The Labute approximate surface area is 182 Å². The summed E-state index contributed by atoms with van der Waals surface area (Å²) in [5.41, 5.74) is 1.60. The molecule has 0 saturated carbocycles. The SMILES string of the molecule is COc1ccccc1NC(=S)Nc1cccc(SCC(=O)Nc2nnc(C)s2)c1. The second kappa shape index (κ2) is 10.2. The first-order valence-corrected chi connectivity index (χ1v) is 10.8. The van der Waals surface area contributed by atoms with Crippen molar-refractivity contribution in [2.75, 3.05) is 28.8 Å². The number of carbonyl (C=O) groups excluding carboxylic acids is 1.